The van der Waals surface area contributed by atoms with Gasteiger partial charge in [-0.2, -0.15) is 0 Å². The molecule has 0 bridgehead atoms. The molecular formula is C18H13ClN2O4. The average molecular weight is 357 g/mol. The van der Waals surface area contributed by atoms with Gasteiger partial charge in [0, 0.05) is 5.02 Å². The number of rotatable bonds is 4. The van der Waals surface area contributed by atoms with Crippen molar-refractivity contribution >= 4 is 35.6 Å². The highest BCUT2D eigenvalue weighted by Crippen LogP contribution is 2.18. The van der Waals surface area contributed by atoms with E-state index >= 15 is 0 Å². The number of nitrogens with zero attached hydrogens (tertiary/aromatic N) is 1. The quantitative estimate of drug-likeness (QED) is 0.651. The smallest absolute Gasteiger partial charge is 0.335 e. The summed E-state index contributed by atoms with van der Waals surface area (Å²) in [4.78, 5) is 36.4. The number of carboxylic acids is 1. The number of aromatic carboxylic acids is 1. The minimum Gasteiger partial charge on any atom is -0.478 e. The van der Waals surface area contributed by atoms with Gasteiger partial charge in [0.15, 0.2) is 0 Å². The molecule has 1 heterocycles. The van der Waals surface area contributed by atoms with Gasteiger partial charge in [-0.3, -0.25) is 9.69 Å². The number of hydrogen-bond donors (Lipinski definition) is 2. The van der Waals surface area contributed by atoms with Gasteiger partial charge < -0.3 is 10.4 Å². The van der Waals surface area contributed by atoms with E-state index in [1.165, 1.54) is 18.2 Å². The minimum absolute atomic E-state index is 0.136. The lowest BCUT2D eigenvalue weighted by atomic mass is 10.1. The predicted molar refractivity (Wildman–Crippen MR) is 91.9 cm³/mol. The first-order valence-electron chi connectivity index (χ1n) is 7.36. The van der Waals surface area contributed by atoms with Gasteiger partial charge in [0.2, 0.25) is 0 Å². The van der Waals surface area contributed by atoms with Crippen LogP contribution in [0.15, 0.2) is 54.2 Å². The highest BCUT2D eigenvalue weighted by atomic mass is 35.5. The molecule has 1 saturated heterocycles. The lowest BCUT2D eigenvalue weighted by Gasteiger charge is -2.11. The van der Waals surface area contributed by atoms with Gasteiger partial charge in [-0.15, -0.1) is 0 Å². The molecule has 1 fully saturated rings. The van der Waals surface area contributed by atoms with Crippen molar-refractivity contribution in [1.29, 1.82) is 0 Å². The Hall–Kier alpha value is -3.12. The third-order valence-corrected chi connectivity index (χ3v) is 3.94. The maximum Gasteiger partial charge on any atom is 0.335 e. The van der Waals surface area contributed by atoms with Crippen molar-refractivity contribution < 1.29 is 19.5 Å². The Morgan fingerprint density at radius 2 is 1.72 bits per heavy atom. The minimum atomic E-state index is -1.03. The lowest BCUT2D eigenvalue weighted by Crippen LogP contribution is -2.30. The average Bonchev–Trinajstić information content (AvgIpc) is 2.85. The maximum atomic E-state index is 12.4. The van der Waals surface area contributed by atoms with Crippen molar-refractivity contribution in [3.05, 3.63) is 75.9 Å². The molecule has 126 valence electrons. The van der Waals surface area contributed by atoms with Crippen LogP contribution in [0.25, 0.3) is 6.08 Å². The number of hydrogen-bond acceptors (Lipinski definition) is 3. The Labute approximate surface area is 148 Å². The molecule has 7 heteroatoms. The van der Waals surface area contributed by atoms with Crippen LogP contribution in [0.1, 0.15) is 21.5 Å². The molecular weight excluding hydrogens is 344 g/mol. The summed E-state index contributed by atoms with van der Waals surface area (Å²) >= 11 is 5.82. The Kier molecular flexibility index (Phi) is 4.54. The van der Waals surface area contributed by atoms with Gasteiger partial charge in [-0.05, 0) is 41.5 Å². The number of imide groups is 1. The zero-order valence-corrected chi connectivity index (χ0v) is 13.7. The van der Waals surface area contributed by atoms with Gasteiger partial charge in [0.1, 0.15) is 5.70 Å². The van der Waals surface area contributed by atoms with Gasteiger partial charge in [-0.25, -0.2) is 9.59 Å². The molecule has 2 N–H and O–H groups in total. The first-order valence-corrected chi connectivity index (χ1v) is 7.74. The largest absolute Gasteiger partial charge is 0.478 e. The molecule has 6 nitrogen and oxygen atoms in total. The van der Waals surface area contributed by atoms with Crippen molar-refractivity contribution in [3.63, 3.8) is 0 Å². The predicted octanol–water partition coefficient (Wildman–Crippen LogP) is 3.13. The summed E-state index contributed by atoms with van der Waals surface area (Å²) in [6, 6.07) is 12.4. The van der Waals surface area contributed by atoms with Crippen LogP contribution >= 0.6 is 11.6 Å². The molecule has 0 saturated carbocycles. The molecule has 0 unspecified atom stereocenters. The summed E-state index contributed by atoms with van der Waals surface area (Å²) in [5.74, 6) is -1.47. The fourth-order valence-electron chi connectivity index (χ4n) is 2.38. The zero-order chi connectivity index (χ0) is 18.0. The van der Waals surface area contributed by atoms with Gasteiger partial charge in [-0.1, -0.05) is 35.9 Å². The number of amides is 3. The monoisotopic (exact) mass is 356 g/mol. The van der Waals surface area contributed by atoms with E-state index in [4.69, 9.17) is 16.7 Å². The molecule has 2 aromatic rings. The van der Waals surface area contributed by atoms with Crippen LogP contribution in [-0.2, 0) is 11.3 Å². The summed E-state index contributed by atoms with van der Waals surface area (Å²) in [5, 5.41) is 12.0. The second kappa shape index (κ2) is 6.78. The molecule has 0 aromatic heterocycles. The van der Waals surface area contributed by atoms with E-state index in [0.717, 1.165) is 10.5 Å². The number of nitrogens with one attached hydrogen (secondary N) is 1. The first-order chi connectivity index (χ1) is 11.9. The Morgan fingerprint density at radius 3 is 2.32 bits per heavy atom. The van der Waals surface area contributed by atoms with Crippen LogP contribution < -0.4 is 5.32 Å². The number of urea groups is 1. The molecule has 0 aliphatic carbocycles. The van der Waals surface area contributed by atoms with Crippen molar-refractivity contribution in [2.45, 2.75) is 6.54 Å². The summed E-state index contributed by atoms with van der Waals surface area (Å²) < 4.78 is 0. The van der Waals surface area contributed by atoms with Crippen molar-refractivity contribution in [2.75, 3.05) is 0 Å². The highest BCUT2D eigenvalue weighted by molar-refractivity contribution is 6.30. The number of carbonyl (C=O) groups is 3. The topological polar surface area (TPSA) is 86.7 Å². The van der Waals surface area contributed by atoms with Crippen molar-refractivity contribution in [1.82, 2.24) is 10.2 Å². The van der Waals surface area contributed by atoms with Gasteiger partial charge in [0.05, 0.1) is 12.1 Å². The van der Waals surface area contributed by atoms with E-state index in [-0.39, 0.29) is 17.8 Å². The number of halogens is 1. The molecule has 2 aromatic carbocycles. The van der Waals surface area contributed by atoms with Crippen LogP contribution in [0, 0.1) is 0 Å². The van der Waals surface area contributed by atoms with Crippen molar-refractivity contribution in [3.8, 4) is 0 Å². The van der Waals surface area contributed by atoms with E-state index in [2.05, 4.69) is 5.32 Å². The normalized spacial score (nSPS) is 15.6. The van der Waals surface area contributed by atoms with E-state index in [0.29, 0.717) is 10.6 Å². The summed E-state index contributed by atoms with van der Waals surface area (Å²) in [6.07, 6.45) is 1.51. The summed E-state index contributed by atoms with van der Waals surface area (Å²) in [6.45, 7) is 0.136. The molecule has 1 aliphatic rings. The van der Waals surface area contributed by atoms with Crippen LogP contribution in [0.2, 0.25) is 5.02 Å². The van der Waals surface area contributed by atoms with Crippen LogP contribution in [0.5, 0.6) is 0 Å². The van der Waals surface area contributed by atoms with E-state index in [1.54, 1.807) is 36.4 Å². The number of carboxylic acid groups (broad SMARTS) is 1. The fraction of sp³-hybridized carbons (Fsp3) is 0.0556. The van der Waals surface area contributed by atoms with E-state index in [1.807, 2.05) is 0 Å². The third kappa shape index (κ3) is 3.70. The van der Waals surface area contributed by atoms with E-state index < -0.39 is 17.9 Å². The number of benzene rings is 2. The molecule has 3 amide bonds. The standard InChI is InChI=1S/C18H13ClN2O4/c19-14-7-3-12(4-8-14)10-21-16(22)15(20-18(21)25)9-11-1-5-13(6-2-11)17(23)24/h1-9H,10H2,(H,20,25)(H,23,24)/b15-9+. The zero-order valence-electron chi connectivity index (χ0n) is 12.9. The van der Waals surface area contributed by atoms with Crippen LogP contribution in [-0.4, -0.2) is 27.9 Å². The molecule has 25 heavy (non-hydrogen) atoms. The molecule has 3 rings (SSSR count). The SMILES string of the molecule is O=C(O)c1ccc(/C=C2/NC(=O)N(Cc3ccc(Cl)cc3)C2=O)cc1. The summed E-state index contributed by atoms with van der Waals surface area (Å²) in [7, 11) is 0. The highest BCUT2D eigenvalue weighted by Gasteiger charge is 2.33. The maximum absolute atomic E-state index is 12.4. The second-order valence-electron chi connectivity index (χ2n) is 5.43. The summed E-state index contributed by atoms with van der Waals surface area (Å²) in [5.41, 5.74) is 1.68. The van der Waals surface area contributed by atoms with Crippen LogP contribution in [0.4, 0.5) is 4.79 Å². The Morgan fingerprint density at radius 1 is 1.08 bits per heavy atom. The number of carbonyl (C=O) groups excluding carboxylic acids is 2. The third-order valence-electron chi connectivity index (χ3n) is 3.68. The second-order valence-corrected chi connectivity index (χ2v) is 5.87. The van der Waals surface area contributed by atoms with Crippen LogP contribution in [0.3, 0.4) is 0 Å². The molecule has 1 aliphatic heterocycles. The molecule has 0 spiro atoms. The molecule has 0 radical (unpaired) electrons. The first kappa shape index (κ1) is 16.7. The fourth-order valence-corrected chi connectivity index (χ4v) is 2.50. The Bertz CT molecular complexity index is 873. The van der Waals surface area contributed by atoms with Gasteiger partial charge in [0.25, 0.3) is 5.91 Å². The van der Waals surface area contributed by atoms with Gasteiger partial charge >= 0.3 is 12.0 Å². The lowest BCUT2D eigenvalue weighted by molar-refractivity contribution is -0.123. The van der Waals surface area contributed by atoms with E-state index in [9.17, 15) is 14.4 Å². The molecule has 0 atom stereocenters. The van der Waals surface area contributed by atoms with Crippen molar-refractivity contribution in [2.24, 2.45) is 0 Å². The Balaban J connectivity index is 1.78.